The zero-order chi connectivity index (χ0) is 8.85. The first-order valence-electron chi connectivity index (χ1n) is 3.64. The van der Waals surface area contributed by atoms with Gasteiger partial charge in [0.05, 0.1) is 6.10 Å². The van der Waals surface area contributed by atoms with Crippen LogP contribution in [0, 0.1) is 5.92 Å². The second kappa shape index (κ2) is 5.43. The van der Waals surface area contributed by atoms with E-state index in [2.05, 4.69) is 17.9 Å². The number of carbonyl (C=O) groups is 1. The van der Waals surface area contributed by atoms with Gasteiger partial charge in [0.2, 0.25) is 5.91 Å². The van der Waals surface area contributed by atoms with Crippen LogP contribution in [0.1, 0.15) is 13.8 Å². The number of rotatable bonds is 4. The van der Waals surface area contributed by atoms with Crippen LogP contribution in [0.25, 0.3) is 0 Å². The van der Waals surface area contributed by atoms with Gasteiger partial charge in [0.1, 0.15) is 0 Å². The molecule has 1 amide bonds. The van der Waals surface area contributed by atoms with Crippen LogP contribution in [0.5, 0.6) is 0 Å². The summed E-state index contributed by atoms with van der Waals surface area (Å²) in [7, 11) is 0. The van der Waals surface area contributed by atoms with Gasteiger partial charge in [0.25, 0.3) is 0 Å². The second-order valence-corrected chi connectivity index (χ2v) is 3.04. The third kappa shape index (κ3) is 5.09. The van der Waals surface area contributed by atoms with Gasteiger partial charge in [-0.15, -0.1) is 0 Å². The summed E-state index contributed by atoms with van der Waals surface area (Å²) in [6, 6.07) is 0. The molecule has 0 aliphatic carbocycles. The smallest absolute Gasteiger partial charge is 0.223 e. The lowest BCUT2D eigenvalue weighted by Gasteiger charge is -2.10. The lowest BCUT2D eigenvalue weighted by Crippen LogP contribution is -2.34. The van der Waals surface area contributed by atoms with E-state index in [4.69, 9.17) is 5.11 Å². The van der Waals surface area contributed by atoms with Crippen LogP contribution in [0.15, 0.2) is 0 Å². The third-order valence-electron chi connectivity index (χ3n) is 1.29. The zero-order valence-corrected chi connectivity index (χ0v) is 7.77. The van der Waals surface area contributed by atoms with E-state index in [0.29, 0.717) is 12.3 Å². The van der Waals surface area contributed by atoms with Crippen molar-refractivity contribution in [1.82, 2.24) is 5.32 Å². The van der Waals surface area contributed by atoms with Crippen LogP contribution in [0.4, 0.5) is 0 Å². The van der Waals surface area contributed by atoms with E-state index in [-0.39, 0.29) is 11.8 Å². The first kappa shape index (κ1) is 10.8. The van der Waals surface area contributed by atoms with Gasteiger partial charge in [-0.3, -0.25) is 4.79 Å². The minimum Gasteiger partial charge on any atom is -0.392 e. The molecule has 11 heavy (non-hydrogen) atoms. The third-order valence-corrected chi connectivity index (χ3v) is 1.84. The molecule has 0 fully saturated rings. The minimum atomic E-state index is -0.480. The van der Waals surface area contributed by atoms with Crippen LogP contribution in [-0.2, 0) is 4.79 Å². The highest BCUT2D eigenvalue weighted by Crippen LogP contribution is 1.96. The number of hydrogen-bond acceptors (Lipinski definition) is 3. The maximum atomic E-state index is 11.0. The van der Waals surface area contributed by atoms with Crippen molar-refractivity contribution in [2.24, 2.45) is 5.92 Å². The number of aliphatic hydroxyl groups is 1. The van der Waals surface area contributed by atoms with E-state index in [9.17, 15) is 4.79 Å². The number of carbonyl (C=O) groups excluding carboxylic acids is 1. The molecule has 2 atom stereocenters. The van der Waals surface area contributed by atoms with E-state index in [1.54, 1.807) is 13.8 Å². The molecule has 0 aromatic rings. The predicted molar refractivity (Wildman–Crippen MR) is 47.7 cm³/mol. The minimum absolute atomic E-state index is 0.0547. The molecule has 0 aromatic heterocycles. The molecular weight excluding hydrogens is 162 g/mol. The van der Waals surface area contributed by atoms with Crippen molar-refractivity contribution in [3.63, 3.8) is 0 Å². The normalized spacial score (nSPS) is 15.6. The molecule has 0 bridgehead atoms. The molecule has 66 valence electrons. The van der Waals surface area contributed by atoms with E-state index < -0.39 is 6.10 Å². The zero-order valence-electron chi connectivity index (χ0n) is 6.87. The van der Waals surface area contributed by atoms with Crippen LogP contribution >= 0.6 is 12.6 Å². The summed E-state index contributed by atoms with van der Waals surface area (Å²) in [5, 5.41) is 11.4. The quantitative estimate of drug-likeness (QED) is 0.531. The molecule has 2 unspecified atom stereocenters. The van der Waals surface area contributed by atoms with Gasteiger partial charge in [-0.1, -0.05) is 6.92 Å². The van der Waals surface area contributed by atoms with E-state index in [0.717, 1.165) is 0 Å². The highest BCUT2D eigenvalue weighted by molar-refractivity contribution is 7.80. The first-order chi connectivity index (χ1) is 5.07. The van der Waals surface area contributed by atoms with E-state index in [1.165, 1.54) is 0 Å². The summed E-state index contributed by atoms with van der Waals surface area (Å²) in [4.78, 5) is 11.0. The summed E-state index contributed by atoms with van der Waals surface area (Å²) < 4.78 is 0. The van der Waals surface area contributed by atoms with Crippen LogP contribution < -0.4 is 5.32 Å². The summed E-state index contributed by atoms with van der Waals surface area (Å²) in [5.74, 6) is 0.393. The molecule has 0 saturated carbocycles. The Hall–Kier alpha value is -0.220. The molecule has 2 N–H and O–H groups in total. The van der Waals surface area contributed by atoms with Crippen molar-refractivity contribution in [2.45, 2.75) is 20.0 Å². The van der Waals surface area contributed by atoms with Crippen molar-refractivity contribution < 1.29 is 9.90 Å². The molecule has 0 radical (unpaired) electrons. The summed E-state index contributed by atoms with van der Waals surface area (Å²) >= 11 is 3.98. The maximum absolute atomic E-state index is 11.0. The molecule has 0 saturated heterocycles. The van der Waals surface area contributed by atoms with E-state index in [1.807, 2.05) is 0 Å². The van der Waals surface area contributed by atoms with Crippen molar-refractivity contribution in [3.8, 4) is 0 Å². The van der Waals surface area contributed by atoms with Crippen molar-refractivity contribution in [1.29, 1.82) is 0 Å². The Morgan fingerprint density at radius 3 is 2.55 bits per heavy atom. The monoisotopic (exact) mass is 177 g/mol. The number of aliphatic hydroxyl groups excluding tert-OH is 1. The standard InChI is InChI=1S/C7H15NO2S/c1-5(4-11)7(10)8-3-6(2)9/h5-6,9,11H,3-4H2,1-2H3,(H,8,10). The van der Waals surface area contributed by atoms with Gasteiger partial charge >= 0.3 is 0 Å². The average molecular weight is 177 g/mol. The summed E-state index contributed by atoms with van der Waals surface area (Å²) in [5.41, 5.74) is 0. The fourth-order valence-corrected chi connectivity index (χ4v) is 0.671. The fraction of sp³-hybridized carbons (Fsp3) is 0.857. The molecule has 0 aliphatic rings. The lowest BCUT2D eigenvalue weighted by molar-refractivity contribution is -0.124. The van der Waals surface area contributed by atoms with Crippen LogP contribution in [0.3, 0.4) is 0 Å². The Morgan fingerprint density at radius 2 is 2.18 bits per heavy atom. The van der Waals surface area contributed by atoms with Gasteiger partial charge < -0.3 is 10.4 Å². The molecule has 0 rings (SSSR count). The van der Waals surface area contributed by atoms with Gasteiger partial charge in [-0.25, -0.2) is 0 Å². The van der Waals surface area contributed by atoms with Crippen LogP contribution in [-0.4, -0.2) is 29.4 Å². The Balaban J connectivity index is 3.52. The predicted octanol–water partition coefficient (Wildman–Crippen LogP) is 0.0493. The molecule has 0 aliphatic heterocycles. The average Bonchev–Trinajstić information content (AvgIpc) is 1.98. The molecule has 0 aromatic carbocycles. The maximum Gasteiger partial charge on any atom is 0.223 e. The first-order valence-corrected chi connectivity index (χ1v) is 4.27. The number of nitrogens with one attached hydrogen (secondary N) is 1. The number of hydrogen-bond donors (Lipinski definition) is 3. The Labute approximate surface area is 72.6 Å². The number of thiol groups is 1. The summed E-state index contributed by atoms with van der Waals surface area (Å²) in [6.07, 6.45) is -0.480. The Bertz CT molecular complexity index is 128. The summed E-state index contributed by atoms with van der Waals surface area (Å²) in [6.45, 7) is 3.74. The highest BCUT2D eigenvalue weighted by atomic mass is 32.1. The van der Waals surface area contributed by atoms with Crippen molar-refractivity contribution in [3.05, 3.63) is 0 Å². The van der Waals surface area contributed by atoms with Gasteiger partial charge in [-0.2, -0.15) is 12.6 Å². The number of amides is 1. The largest absolute Gasteiger partial charge is 0.392 e. The lowest BCUT2D eigenvalue weighted by atomic mass is 10.2. The van der Waals surface area contributed by atoms with E-state index >= 15 is 0 Å². The Kier molecular flexibility index (Phi) is 5.32. The molecule has 0 heterocycles. The topological polar surface area (TPSA) is 49.3 Å². The highest BCUT2D eigenvalue weighted by Gasteiger charge is 2.10. The van der Waals surface area contributed by atoms with Gasteiger partial charge in [-0.05, 0) is 6.92 Å². The molecule has 3 nitrogen and oxygen atoms in total. The second-order valence-electron chi connectivity index (χ2n) is 2.68. The van der Waals surface area contributed by atoms with Gasteiger partial charge in [0, 0.05) is 18.2 Å². The fourth-order valence-electron chi connectivity index (χ4n) is 0.505. The Morgan fingerprint density at radius 1 is 1.64 bits per heavy atom. The molecular formula is C7H15NO2S. The van der Waals surface area contributed by atoms with Crippen molar-refractivity contribution in [2.75, 3.05) is 12.3 Å². The molecule has 4 heteroatoms. The van der Waals surface area contributed by atoms with Crippen LogP contribution in [0.2, 0.25) is 0 Å². The van der Waals surface area contributed by atoms with Gasteiger partial charge in [0.15, 0.2) is 0 Å². The van der Waals surface area contributed by atoms with Crippen molar-refractivity contribution >= 4 is 18.5 Å². The SMILES string of the molecule is CC(O)CNC(=O)C(C)CS. The molecule has 0 spiro atoms.